The van der Waals surface area contributed by atoms with Crippen LogP contribution >= 0.6 is 11.6 Å². The van der Waals surface area contributed by atoms with Crippen molar-refractivity contribution in [1.82, 2.24) is 9.97 Å². The van der Waals surface area contributed by atoms with Gasteiger partial charge in [0.25, 0.3) is 0 Å². The Bertz CT molecular complexity index is 506. The van der Waals surface area contributed by atoms with Gasteiger partial charge in [-0.05, 0) is 33.6 Å². The van der Waals surface area contributed by atoms with E-state index >= 15 is 0 Å². The summed E-state index contributed by atoms with van der Waals surface area (Å²) in [4.78, 5) is 22.1. The average molecular weight is 283 g/mol. The van der Waals surface area contributed by atoms with Gasteiger partial charge in [-0.2, -0.15) is 0 Å². The van der Waals surface area contributed by atoms with Crippen LogP contribution < -0.4 is 10.6 Å². The molecule has 5 nitrogen and oxygen atoms in total. The fourth-order valence-electron chi connectivity index (χ4n) is 2.49. The lowest BCUT2D eigenvalue weighted by atomic mass is 9.92. The molecule has 0 bridgehead atoms. The summed E-state index contributed by atoms with van der Waals surface area (Å²) in [5.74, 6) is 1.09. The van der Waals surface area contributed by atoms with Crippen molar-refractivity contribution in [1.29, 1.82) is 0 Å². The molecule has 1 fully saturated rings. The number of carbonyl (C=O) groups excluding carboxylic acids is 1. The SMILES string of the molecule is Cc1nc(Cl)c(C)c(N2CC(C(N)=O)CCC2C)n1. The summed E-state index contributed by atoms with van der Waals surface area (Å²) in [7, 11) is 0. The minimum Gasteiger partial charge on any atom is -0.369 e. The average Bonchev–Trinajstić information content (AvgIpc) is 2.34. The number of hydrogen-bond donors (Lipinski definition) is 1. The molecule has 2 unspecified atom stereocenters. The number of piperidine rings is 1. The van der Waals surface area contributed by atoms with Crippen molar-refractivity contribution in [3.8, 4) is 0 Å². The lowest BCUT2D eigenvalue weighted by molar-refractivity contribution is -0.122. The molecular weight excluding hydrogens is 264 g/mol. The van der Waals surface area contributed by atoms with Crippen molar-refractivity contribution in [2.24, 2.45) is 11.7 Å². The third-order valence-corrected chi connectivity index (χ3v) is 4.10. The van der Waals surface area contributed by atoms with Crippen LogP contribution in [0.5, 0.6) is 0 Å². The Labute approximate surface area is 118 Å². The summed E-state index contributed by atoms with van der Waals surface area (Å²) >= 11 is 6.12. The number of carbonyl (C=O) groups is 1. The Balaban J connectivity index is 2.36. The first-order valence-electron chi connectivity index (χ1n) is 6.47. The van der Waals surface area contributed by atoms with Gasteiger partial charge in [-0.15, -0.1) is 0 Å². The Morgan fingerprint density at radius 1 is 1.37 bits per heavy atom. The van der Waals surface area contributed by atoms with Crippen molar-refractivity contribution in [3.63, 3.8) is 0 Å². The van der Waals surface area contributed by atoms with Crippen molar-refractivity contribution in [2.45, 2.75) is 39.7 Å². The van der Waals surface area contributed by atoms with Gasteiger partial charge in [0.1, 0.15) is 16.8 Å². The van der Waals surface area contributed by atoms with Crippen LogP contribution in [0.15, 0.2) is 0 Å². The first-order valence-corrected chi connectivity index (χ1v) is 6.84. The fraction of sp³-hybridized carbons (Fsp3) is 0.615. The van der Waals surface area contributed by atoms with Gasteiger partial charge in [0.2, 0.25) is 5.91 Å². The molecule has 2 atom stereocenters. The van der Waals surface area contributed by atoms with Crippen LogP contribution in [0, 0.1) is 19.8 Å². The molecule has 0 radical (unpaired) electrons. The van der Waals surface area contributed by atoms with E-state index in [9.17, 15) is 4.79 Å². The molecule has 0 spiro atoms. The molecule has 1 aliphatic rings. The maximum Gasteiger partial charge on any atom is 0.222 e. The standard InChI is InChI=1S/C13H19ClN4O/c1-7-4-5-10(12(15)19)6-18(7)13-8(2)11(14)16-9(3)17-13/h7,10H,4-6H2,1-3H3,(H2,15,19). The van der Waals surface area contributed by atoms with Gasteiger partial charge in [-0.1, -0.05) is 11.6 Å². The number of nitrogens with two attached hydrogens (primary N) is 1. The van der Waals surface area contributed by atoms with Gasteiger partial charge < -0.3 is 10.6 Å². The highest BCUT2D eigenvalue weighted by Gasteiger charge is 2.30. The van der Waals surface area contributed by atoms with E-state index in [-0.39, 0.29) is 11.8 Å². The number of rotatable bonds is 2. The summed E-state index contributed by atoms with van der Waals surface area (Å²) in [5, 5.41) is 0.468. The van der Waals surface area contributed by atoms with Gasteiger partial charge >= 0.3 is 0 Å². The number of primary amides is 1. The molecule has 1 amide bonds. The summed E-state index contributed by atoms with van der Waals surface area (Å²) < 4.78 is 0. The van der Waals surface area contributed by atoms with Crippen LogP contribution in [0.1, 0.15) is 31.2 Å². The van der Waals surface area contributed by atoms with Crippen LogP contribution in [0.25, 0.3) is 0 Å². The molecule has 104 valence electrons. The third-order valence-electron chi connectivity index (χ3n) is 3.73. The topological polar surface area (TPSA) is 72.1 Å². The lowest BCUT2D eigenvalue weighted by Crippen LogP contribution is -2.46. The second-order valence-electron chi connectivity index (χ2n) is 5.19. The van der Waals surface area contributed by atoms with E-state index in [0.717, 1.165) is 24.2 Å². The molecule has 19 heavy (non-hydrogen) atoms. The van der Waals surface area contributed by atoms with E-state index in [1.165, 1.54) is 0 Å². The zero-order valence-electron chi connectivity index (χ0n) is 11.5. The molecule has 0 saturated carbocycles. The largest absolute Gasteiger partial charge is 0.369 e. The molecule has 2 rings (SSSR count). The monoisotopic (exact) mass is 282 g/mol. The van der Waals surface area contributed by atoms with Gasteiger partial charge in [-0.25, -0.2) is 9.97 Å². The van der Waals surface area contributed by atoms with E-state index in [1.807, 2.05) is 13.8 Å². The lowest BCUT2D eigenvalue weighted by Gasteiger charge is -2.38. The van der Waals surface area contributed by atoms with Gasteiger partial charge in [0, 0.05) is 18.2 Å². The van der Waals surface area contributed by atoms with Crippen molar-refractivity contribution >= 4 is 23.3 Å². The van der Waals surface area contributed by atoms with Gasteiger partial charge in [0.15, 0.2) is 0 Å². The molecular formula is C13H19ClN4O. The highest BCUT2D eigenvalue weighted by atomic mass is 35.5. The molecule has 1 aliphatic heterocycles. The van der Waals surface area contributed by atoms with E-state index in [2.05, 4.69) is 21.8 Å². The fourth-order valence-corrected chi connectivity index (χ4v) is 2.70. The maximum absolute atomic E-state index is 11.4. The normalized spacial score (nSPS) is 23.5. The van der Waals surface area contributed by atoms with Gasteiger partial charge in [-0.3, -0.25) is 4.79 Å². The molecule has 1 aromatic heterocycles. The summed E-state index contributed by atoms with van der Waals surface area (Å²) in [5.41, 5.74) is 6.28. The number of aromatic nitrogens is 2. The van der Waals surface area contributed by atoms with Crippen molar-refractivity contribution in [2.75, 3.05) is 11.4 Å². The minimum atomic E-state index is -0.244. The molecule has 6 heteroatoms. The number of nitrogens with zero attached hydrogens (tertiary/aromatic N) is 3. The predicted octanol–water partition coefficient (Wildman–Crippen LogP) is 1.84. The van der Waals surface area contributed by atoms with E-state index in [0.29, 0.717) is 23.6 Å². The van der Waals surface area contributed by atoms with Gasteiger partial charge in [0.05, 0.1) is 5.92 Å². The third kappa shape index (κ3) is 2.81. The first kappa shape index (κ1) is 14.1. The highest BCUT2D eigenvalue weighted by Crippen LogP contribution is 2.30. The molecule has 2 heterocycles. The van der Waals surface area contributed by atoms with Crippen LogP contribution in [-0.4, -0.2) is 28.5 Å². The number of halogens is 1. The quantitative estimate of drug-likeness (QED) is 0.840. The molecule has 0 aliphatic carbocycles. The van der Waals surface area contributed by atoms with E-state index in [4.69, 9.17) is 17.3 Å². The van der Waals surface area contributed by atoms with Crippen LogP contribution in [0.2, 0.25) is 5.15 Å². The summed E-state index contributed by atoms with van der Waals surface area (Å²) in [6.45, 7) is 6.44. The van der Waals surface area contributed by atoms with Crippen molar-refractivity contribution < 1.29 is 4.79 Å². The molecule has 1 saturated heterocycles. The zero-order chi connectivity index (χ0) is 14.2. The first-order chi connectivity index (χ1) is 8.90. The maximum atomic E-state index is 11.4. The number of aryl methyl sites for hydroxylation is 1. The van der Waals surface area contributed by atoms with Crippen LogP contribution in [0.3, 0.4) is 0 Å². The Morgan fingerprint density at radius 2 is 2.05 bits per heavy atom. The summed E-state index contributed by atoms with van der Waals surface area (Å²) in [6.07, 6.45) is 1.76. The second-order valence-corrected chi connectivity index (χ2v) is 5.55. The zero-order valence-corrected chi connectivity index (χ0v) is 12.2. The Hall–Kier alpha value is -1.36. The number of hydrogen-bond acceptors (Lipinski definition) is 4. The van der Waals surface area contributed by atoms with Crippen molar-refractivity contribution in [3.05, 3.63) is 16.5 Å². The highest BCUT2D eigenvalue weighted by molar-refractivity contribution is 6.30. The second kappa shape index (κ2) is 5.33. The Morgan fingerprint density at radius 3 is 2.68 bits per heavy atom. The van der Waals surface area contributed by atoms with Crippen LogP contribution in [-0.2, 0) is 4.79 Å². The molecule has 1 aromatic rings. The Kier molecular flexibility index (Phi) is 3.94. The molecule has 0 aromatic carbocycles. The smallest absolute Gasteiger partial charge is 0.222 e. The number of amides is 1. The summed E-state index contributed by atoms with van der Waals surface area (Å²) in [6, 6.07) is 0.319. The number of anilines is 1. The van der Waals surface area contributed by atoms with Crippen LogP contribution in [0.4, 0.5) is 5.82 Å². The van der Waals surface area contributed by atoms with E-state index < -0.39 is 0 Å². The van der Waals surface area contributed by atoms with E-state index in [1.54, 1.807) is 0 Å². The minimum absolute atomic E-state index is 0.121. The predicted molar refractivity (Wildman–Crippen MR) is 75.2 cm³/mol. The molecule has 2 N–H and O–H groups in total.